The average molecular weight is 426 g/mol. The summed E-state index contributed by atoms with van der Waals surface area (Å²) < 4.78 is 5.00. The van der Waals surface area contributed by atoms with Crippen molar-refractivity contribution >= 4 is 34.2 Å². The van der Waals surface area contributed by atoms with Gasteiger partial charge in [-0.1, -0.05) is 42.0 Å². The summed E-state index contributed by atoms with van der Waals surface area (Å²) in [5.74, 6) is -3.43. The minimum Gasteiger partial charge on any atom is -0.481 e. The molecular formula is C23H23NO5S. The standard InChI is InChI=1S/C23H23NO5S/c1-11-4-6-13(7-5-11)16-12(2)30-21(19(16)23(28)29-3)24-20(25)17-14-8-9-15(10-14)18(17)22(26)27/h4-9,14-15,17-18H,10H2,1-3H3,(H,24,25)(H,26,27). The van der Waals surface area contributed by atoms with Gasteiger partial charge < -0.3 is 15.2 Å². The molecule has 6 nitrogen and oxygen atoms in total. The smallest absolute Gasteiger partial charge is 0.341 e. The van der Waals surface area contributed by atoms with Gasteiger partial charge in [-0.2, -0.15) is 0 Å². The number of ether oxygens (including phenoxy) is 1. The number of aliphatic carboxylic acids is 1. The first-order valence-corrected chi connectivity index (χ1v) is 10.6. The van der Waals surface area contributed by atoms with Crippen LogP contribution in [-0.2, 0) is 14.3 Å². The number of allylic oxidation sites excluding steroid dienone is 2. The zero-order chi connectivity index (χ0) is 21.6. The van der Waals surface area contributed by atoms with E-state index >= 15 is 0 Å². The predicted octanol–water partition coefficient (Wildman–Crippen LogP) is 4.28. The van der Waals surface area contributed by atoms with Crippen molar-refractivity contribution in [3.05, 3.63) is 52.4 Å². The third-order valence-electron chi connectivity index (χ3n) is 6.10. The van der Waals surface area contributed by atoms with Crippen LogP contribution in [0.4, 0.5) is 5.00 Å². The number of hydrogen-bond acceptors (Lipinski definition) is 5. The van der Waals surface area contributed by atoms with Crippen molar-refractivity contribution in [2.75, 3.05) is 12.4 Å². The number of hydrogen-bond donors (Lipinski definition) is 2. The summed E-state index contributed by atoms with van der Waals surface area (Å²) in [4.78, 5) is 38.4. The summed E-state index contributed by atoms with van der Waals surface area (Å²) in [5, 5.41) is 12.9. The van der Waals surface area contributed by atoms with Gasteiger partial charge in [0.15, 0.2) is 0 Å². The average Bonchev–Trinajstić information content (AvgIpc) is 3.41. The first-order chi connectivity index (χ1) is 14.3. The first-order valence-electron chi connectivity index (χ1n) is 9.82. The molecule has 156 valence electrons. The number of anilines is 1. The highest BCUT2D eigenvalue weighted by atomic mass is 32.1. The molecule has 0 spiro atoms. The maximum Gasteiger partial charge on any atom is 0.341 e. The molecule has 1 aromatic heterocycles. The van der Waals surface area contributed by atoms with Crippen molar-refractivity contribution in [2.24, 2.45) is 23.7 Å². The van der Waals surface area contributed by atoms with Crippen LogP contribution in [0.15, 0.2) is 36.4 Å². The zero-order valence-electron chi connectivity index (χ0n) is 17.0. The van der Waals surface area contributed by atoms with Gasteiger partial charge in [-0.05, 0) is 37.7 Å². The van der Waals surface area contributed by atoms with E-state index in [1.165, 1.54) is 18.4 Å². The Labute approximate surface area is 178 Å². The van der Waals surface area contributed by atoms with Crippen LogP contribution < -0.4 is 5.32 Å². The number of nitrogens with one attached hydrogen (secondary N) is 1. The lowest BCUT2D eigenvalue weighted by Crippen LogP contribution is -2.36. The van der Waals surface area contributed by atoms with Crippen molar-refractivity contribution in [1.29, 1.82) is 0 Å². The molecule has 4 unspecified atom stereocenters. The lowest BCUT2D eigenvalue weighted by atomic mass is 9.82. The summed E-state index contributed by atoms with van der Waals surface area (Å²) >= 11 is 1.30. The van der Waals surface area contributed by atoms with Gasteiger partial charge in [-0.3, -0.25) is 9.59 Å². The third-order valence-corrected chi connectivity index (χ3v) is 7.12. The fourth-order valence-electron chi connectivity index (χ4n) is 4.71. The summed E-state index contributed by atoms with van der Waals surface area (Å²) in [5.41, 5.74) is 3.00. The number of carboxylic acid groups (broad SMARTS) is 1. The molecule has 1 aromatic carbocycles. The molecule has 0 aliphatic heterocycles. The summed E-state index contributed by atoms with van der Waals surface area (Å²) in [6.45, 7) is 3.88. The fraction of sp³-hybridized carbons (Fsp3) is 0.348. The Kier molecular flexibility index (Phi) is 5.24. The number of amides is 1. The Morgan fingerprint density at radius 2 is 1.70 bits per heavy atom. The summed E-state index contributed by atoms with van der Waals surface area (Å²) in [6.07, 6.45) is 4.52. The Morgan fingerprint density at radius 1 is 1.07 bits per heavy atom. The van der Waals surface area contributed by atoms with Gasteiger partial charge in [0.2, 0.25) is 5.91 Å². The molecule has 1 amide bonds. The van der Waals surface area contributed by atoms with Crippen molar-refractivity contribution in [1.82, 2.24) is 0 Å². The van der Waals surface area contributed by atoms with Crippen LogP contribution in [0.5, 0.6) is 0 Å². The van der Waals surface area contributed by atoms with Gasteiger partial charge in [-0.25, -0.2) is 4.79 Å². The monoisotopic (exact) mass is 425 g/mol. The van der Waals surface area contributed by atoms with Crippen LogP contribution in [0.1, 0.15) is 27.2 Å². The van der Waals surface area contributed by atoms with Crippen LogP contribution in [0, 0.1) is 37.5 Å². The molecule has 4 rings (SSSR count). The number of carboxylic acids is 1. The van der Waals surface area contributed by atoms with Gasteiger partial charge in [-0.15, -0.1) is 11.3 Å². The highest BCUT2D eigenvalue weighted by molar-refractivity contribution is 7.17. The van der Waals surface area contributed by atoms with E-state index in [1.807, 2.05) is 50.3 Å². The molecule has 1 heterocycles. The number of carbonyl (C=O) groups is 3. The van der Waals surface area contributed by atoms with E-state index in [2.05, 4.69) is 5.32 Å². The number of fused-ring (bicyclic) bond motifs is 2. The maximum absolute atomic E-state index is 13.1. The second-order valence-electron chi connectivity index (χ2n) is 7.92. The molecule has 2 aliphatic rings. The number of rotatable bonds is 5. The van der Waals surface area contributed by atoms with Crippen LogP contribution in [-0.4, -0.2) is 30.1 Å². The molecule has 7 heteroatoms. The van der Waals surface area contributed by atoms with Gasteiger partial charge in [0.05, 0.1) is 18.9 Å². The number of aryl methyl sites for hydroxylation is 2. The zero-order valence-corrected chi connectivity index (χ0v) is 17.8. The number of thiophene rings is 1. The van der Waals surface area contributed by atoms with E-state index in [-0.39, 0.29) is 17.7 Å². The molecule has 30 heavy (non-hydrogen) atoms. The SMILES string of the molecule is COC(=O)c1c(NC(=O)C2C3C=CC(C3)C2C(=O)O)sc(C)c1-c1ccc(C)cc1. The molecule has 1 fully saturated rings. The molecule has 2 N–H and O–H groups in total. The highest BCUT2D eigenvalue weighted by Gasteiger charge is 2.51. The van der Waals surface area contributed by atoms with E-state index < -0.39 is 23.8 Å². The van der Waals surface area contributed by atoms with E-state index in [0.29, 0.717) is 17.0 Å². The van der Waals surface area contributed by atoms with Crippen LogP contribution >= 0.6 is 11.3 Å². The molecule has 0 saturated heterocycles. The Morgan fingerprint density at radius 3 is 2.30 bits per heavy atom. The van der Waals surface area contributed by atoms with Crippen molar-refractivity contribution in [2.45, 2.75) is 20.3 Å². The minimum absolute atomic E-state index is 0.0877. The lowest BCUT2D eigenvalue weighted by molar-refractivity contribution is -0.146. The third kappa shape index (κ3) is 3.33. The van der Waals surface area contributed by atoms with Crippen molar-refractivity contribution in [3.8, 4) is 11.1 Å². The summed E-state index contributed by atoms with van der Waals surface area (Å²) in [6, 6.07) is 7.79. The van der Waals surface area contributed by atoms with E-state index in [0.717, 1.165) is 21.6 Å². The van der Waals surface area contributed by atoms with Crippen molar-refractivity contribution < 1.29 is 24.2 Å². The molecule has 0 radical (unpaired) electrons. The number of esters is 1. The molecule has 4 atom stereocenters. The second-order valence-corrected chi connectivity index (χ2v) is 9.15. The predicted molar refractivity (Wildman–Crippen MR) is 115 cm³/mol. The highest BCUT2D eigenvalue weighted by Crippen LogP contribution is 2.49. The number of carbonyl (C=O) groups excluding carboxylic acids is 2. The molecule has 1 saturated carbocycles. The largest absolute Gasteiger partial charge is 0.481 e. The molecule has 2 aliphatic carbocycles. The molecule has 2 bridgehead atoms. The van der Waals surface area contributed by atoms with E-state index in [9.17, 15) is 19.5 Å². The van der Waals surface area contributed by atoms with Gasteiger partial charge in [0.1, 0.15) is 10.6 Å². The lowest BCUT2D eigenvalue weighted by Gasteiger charge is -2.23. The minimum atomic E-state index is -0.956. The quantitative estimate of drug-likeness (QED) is 0.551. The number of methoxy groups -OCH3 is 1. The Bertz CT molecular complexity index is 1050. The van der Waals surface area contributed by atoms with Crippen LogP contribution in [0.25, 0.3) is 11.1 Å². The second kappa shape index (κ2) is 7.72. The molecule has 2 aromatic rings. The van der Waals surface area contributed by atoms with Crippen molar-refractivity contribution in [3.63, 3.8) is 0 Å². The maximum atomic E-state index is 13.1. The van der Waals surface area contributed by atoms with Gasteiger partial charge >= 0.3 is 11.9 Å². The van der Waals surface area contributed by atoms with E-state index in [4.69, 9.17) is 4.74 Å². The van der Waals surface area contributed by atoms with E-state index in [1.54, 1.807) is 0 Å². The number of benzene rings is 1. The Hall–Kier alpha value is -2.93. The normalized spacial score (nSPS) is 24.1. The molecular weight excluding hydrogens is 402 g/mol. The summed E-state index contributed by atoms with van der Waals surface area (Å²) in [7, 11) is 1.31. The Balaban J connectivity index is 1.71. The first kappa shape index (κ1) is 20.3. The van der Waals surface area contributed by atoms with Crippen LogP contribution in [0.3, 0.4) is 0 Å². The van der Waals surface area contributed by atoms with Gasteiger partial charge in [0, 0.05) is 10.4 Å². The van der Waals surface area contributed by atoms with Crippen LogP contribution in [0.2, 0.25) is 0 Å². The van der Waals surface area contributed by atoms with Gasteiger partial charge in [0.25, 0.3) is 0 Å². The fourth-order valence-corrected chi connectivity index (χ4v) is 5.78. The topological polar surface area (TPSA) is 92.7 Å².